The topological polar surface area (TPSA) is 120 Å². The number of rotatable bonds is 4. The number of aromatic nitrogens is 2. The van der Waals surface area contributed by atoms with Gasteiger partial charge in [0.15, 0.2) is 0 Å². The summed E-state index contributed by atoms with van der Waals surface area (Å²) in [6.45, 7) is 3.34. The lowest BCUT2D eigenvalue weighted by Gasteiger charge is -2.04. The molecule has 0 fully saturated rings. The van der Waals surface area contributed by atoms with E-state index in [-0.39, 0.29) is 22.6 Å². The van der Waals surface area contributed by atoms with Crippen LogP contribution in [0.25, 0.3) is 5.69 Å². The van der Waals surface area contributed by atoms with E-state index in [1.165, 1.54) is 16.8 Å². The molecule has 0 bridgehead atoms. The molecule has 0 aliphatic carbocycles. The van der Waals surface area contributed by atoms with Crippen LogP contribution in [0, 0.1) is 6.92 Å². The molecule has 0 unspecified atom stereocenters. The molecule has 1 amide bonds. The predicted octanol–water partition coefficient (Wildman–Crippen LogP) is 2.04. The number of aryl methyl sites for hydroxylation is 1. The Morgan fingerprint density at radius 3 is 2.52 bits per heavy atom. The highest BCUT2D eigenvalue weighted by Gasteiger charge is 2.16. The molecule has 0 aliphatic rings. The zero-order valence-electron chi connectivity index (χ0n) is 14.7. The molecular weight excluding hydrogens is 348 g/mol. The van der Waals surface area contributed by atoms with Gasteiger partial charge in [-0.05, 0) is 38.1 Å². The predicted molar refractivity (Wildman–Crippen MR) is 101 cm³/mol. The smallest absolute Gasteiger partial charge is 0.280 e. The number of para-hydroxylation sites is 1. The third kappa shape index (κ3) is 3.59. The van der Waals surface area contributed by atoms with Gasteiger partial charge >= 0.3 is 0 Å². The number of hydrogen-bond donors (Lipinski definition) is 4. The Hall–Kier alpha value is -3.81. The summed E-state index contributed by atoms with van der Waals surface area (Å²) in [7, 11) is 0. The summed E-state index contributed by atoms with van der Waals surface area (Å²) in [5.41, 5.74) is 3.91. The molecule has 8 nitrogen and oxygen atoms in total. The normalized spacial score (nSPS) is 11.4. The molecule has 1 aromatic heterocycles. The van der Waals surface area contributed by atoms with E-state index >= 15 is 0 Å². The van der Waals surface area contributed by atoms with Gasteiger partial charge in [-0.2, -0.15) is 5.10 Å². The molecule has 0 radical (unpaired) electrons. The van der Waals surface area contributed by atoms with E-state index in [4.69, 9.17) is 0 Å². The SMILES string of the molecule is CC(=NNC(=O)c1ccc(O)cc1O)c1c(C)[nH]n(-c2ccccc2)c1=O. The van der Waals surface area contributed by atoms with Crippen molar-refractivity contribution in [2.75, 3.05) is 0 Å². The second-order valence-electron chi connectivity index (χ2n) is 5.93. The Bertz CT molecular complexity index is 1080. The molecule has 1 heterocycles. The maximum Gasteiger partial charge on any atom is 0.280 e. The minimum Gasteiger partial charge on any atom is -0.508 e. The second-order valence-corrected chi connectivity index (χ2v) is 5.93. The number of hydrazone groups is 1. The number of phenols is 2. The molecule has 0 saturated carbocycles. The molecule has 4 N–H and O–H groups in total. The van der Waals surface area contributed by atoms with Gasteiger partial charge in [-0.3, -0.25) is 14.7 Å². The summed E-state index contributed by atoms with van der Waals surface area (Å²) < 4.78 is 1.40. The molecular formula is C19H18N4O4. The number of phenolic OH excluding ortho intramolecular Hbond substituents is 2. The summed E-state index contributed by atoms with van der Waals surface area (Å²) in [5, 5.41) is 26.0. The number of nitrogens with zero attached hydrogens (tertiary/aromatic N) is 2. The Kier molecular flexibility index (Phi) is 4.80. The van der Waals surface area contributed by atoms with Crippen molar-refractivity contribution < 1.29 is 15.0 Å². The van der Waals surface area contributed by atoms with Crippen LogP contribution < -0.4 is 11.0 Å². The Morgan fingerprint density at radius 1 is 1.15 bits per heavy atom. The van der Waals surface area contributed by atoms with Crippen molar-refractivity contribution in [3.8, 4) is 17.2 Å². The first-order chi connectivity index (χ1) is 12.9. The molecule has 3 rings (SSSR count). The first kappa shape index (κ1) is 18.0. The summed E-state index contributed by atoms with van der Waals surface area (Å²) in [4.78, 5) is 24.9. The van der Waals surface area contributed by atoms with E-state index in [0.29, 0.717) is 22.7 Å². The molecule has 0 spiro atoms. The average Bonchev–Trinajstić information content (AvgIpc) is 2.94. The number of nitrogens with one attached hydrogen (secondary N) is 2. The highest BCUT2D eigenvalue weighted by atomic mass is 16.3. The van der Waals surface area contributed by atoms with Gasteiger partial charge in [0.25, 0.3) is 11.5 Å². The lowest BCUT2D eigenvalue weighted by Crippen LogP contribution is -2.23. The van der Waals surface area contributed by atoms with Crippen molar-refractivity contribution in [1.82, 2.24) is 15.2 Å². The number of benzene rings is 2. The fraction of sp³-hybridized carbons (Fsp3) is 0.105. The van der Waals surface area contributed by atoms with Crippen molar-refractivity contribution in [1.29, 1.82) is 0 Å². The van der Waals surface area contributed by atoms with E-state index in [2.05, 4.69) is 15.6 Å². The zero-order valence-corrected chi connectivity index (χ0v) is 14.7. The standard InChI is InChI=1S/C19H18N4O4/c1-11(20-21-18(26)15-9-8-14(24)10-16(15)25)17-12(2)22-23(19(17)27)13-6-4-3-5-7-13/h3-10,22,24-25H,1-2H3,(H,21,26). The average molecular weight is 366 g/mol. The van der Waals surface area contributed by atoms with E-state index in [1.807, 2.05) is 18.2 Å². The van der Waals surface area contributed by atoms with E-state index < -0.39 is 5.91 Å². The summed E-state index contributed by atoms with van der Waals surface area (Å²) >= 11 is 0. The van der Waals surface area contributed by atoms with Gasteiger partial charge in [-0.15, -0.1) is 0 Å². The minimum atomic E-state index is -0.663. The molecule has 0 saturated heterocycles. The van der Waals surface area contributed by atoms with Crippen LogP contribution in [0.4, 0.5) is 0 Å². The van der Waals surface area contributed by atoms with Crippen molar-refractivity contribution in [2.45, 2.75) is 13.8 Å². The van der Waals surface area contributed by atoms with Crippen LogP contribution in [0.5, 0.6) is 11.5 Å². The monoisotopic (exact) mass is 366 g/mol. The number of carbonyl (C=O) groups is 1. The van der Waals surface area contributed by atoms with Crippen LogP contribution in [-0.2, 0) is 0 Å². The first-order valence-electron chi connectivity index (χ1n) is 8.12. The van der Waals surface area contributed by atoms with Crippen LogP contribution in [0.15, 0.2) is 58.4 Å². The lowest BCUT2D eigenvalue weighted by atomic mass is 10.2. The molecule has 2 aromatic carbocycles. The number of aromatic hydroxyl groups is 2. The van der Waals surface area contributed by atoms with Crippen LogP contribution in [0.2, 0.25) is 0 Å². The molecule has 8 heteroatoms. The van der Waals surface area contributed by atoms with Gasteiger partial charge in [0.1, 0.15) is 11.5 Å². The van der Waals surface area contributed by atoms with Gasteiger partial charge in [0.2, 0.25) is 0 Å². The van der Waals surface area contributed by atoms with Crippen molar-refractivity contribution in [2.24, 2.45) is 5.10 Å². The summed E-state index contributed by atoms with van der Waals surface area (Å²) in [5.74, 6) is -1.19. The highest BCUT2D eigenvalue weighted by Crippen LogP contribution is 2.22. The fourth-order valence-corrected chi connectivity index (χ4v) is 2.69. The third-order valence-corrected chi connectivity index (χ3v) is 4.00. The van der Waals surface area contributed by atoms with Gasteiger partial charge in [0, 0.05) is 11.8 Å². The lowest BCUT2D eigenvalue weighted by molar-refractivity contribution is 0.0952. The van der Waals surface area contributed by atoms with Crippen LogP contribution in [0.3, 0.4) is 0 Å². The van der Waals surface area contributed by atoms with E-state index in [1.54, 1.807) is 26.0 Å². The number of amides is 1. The van der Waals surface area contributed by atoms with Crippen molar-refractivity contribution in [3.63, 3.8) is 0 Å². The van der Waals surface area contributed by atoms with Gasteiger partial charge in [-0.25, -0.2) is 10.1 Å². The van der Waals surface area contributed by atoms with Crippen molar-refractivity contribution in [3.05, 3.63) is 75.7 Å². The van der Waals surface area contributed by atoms with Crippen LogP contribution >= 0.6 is 0 Å². The Labute approximate surface area is 154 Å². The molecule has 27 heavy (non-hydrogen) atoms. The maximum absolute atomic E-state index is 12.7. The zero-order chi connectivity index (χ0) is 19.6. The molecule has 138 valence electrons. The fourth-order valence-electron chi connectivity index (χ4n) is 2.69. The molecule has 0 aliphatic heterocycles. The third-order valence-electron chi connectivity index (χ3n) is 4.00. The Morgan fingerprint density at radius 2 is 1.85 bits per heavy atom. The molecule has 3 aromatic rings. The highest BCUT2D eigenvalue weighted by molar-refractivity contribution is 6.02. The van der Waals surface area contributed by atoms with Crippen LogP contribution in [-0.4, -0.2) is 31.6 Å². The largest absolute Gasteiger partial charge is 0.508 e. The van der Waals surface area contributed by atoms with Gasteiger partial charge in [0.05, 0.1) is 22.5 Å². The number of aromatic amines is 1. The summed E-state index contributed by atoms with van der Waals surface area (Å²) in [6, 6.07) is 12.7. The van der Waals surface area contributed by atoms with Gasteiger partial charge < -0.3 is 10.2 Å². The number of hydrogen-bond acceptors (Lipinski definition) is 5. The van der Waals surface area contributed by atoms with E-state index in [9.17, 15) is 19.8 Å². The maximum atomic E-state index is 12.7. The minimum absolute atomic E-state index is 0.0446. The number of carbonyl (C=O) groups excluding carboxylic acids is 1. The van der Waals surface area contributed by atoms with E-state index in [0.717, 1.165) is 6.07 Å². The van der Waals surface area contributed by atoms with Crippen molar-refractivity contribution >= 4 is 11.6 Å². The first-order valence-corrected chi connectivity index (χ1v) is 8.12. The number of H-pyrrole nitrogens is 1. The molecule has 0 atom stereocenters. The Balaban J connectivity index is 1.88. The second kappa shape index (κ2) is 7.20. The van der Waals surface area contributed by atoms with Crippen LogP contribution in [0.1, 0.15) is 28.5 Å². The summed E-state index contributed by atoms with van der Waals surface area (Å²) in [6.07, 6.45) is 0. The quantitative estimate of drug-likeness (QED) is 0.417. The van der Waals surface area contributed by atoms with Gasteiger partial charge in [-0.1, -0.05) is 18.2 Å².